The molecule has 0 saturated heterocycles. The molecule has 1 aromatic carbocycles. The number of hydrogen-bond donors (Lipinski definition) is 1. The number of rotatable bonds is 7. The highest BCUT2D eigenvalue weighted by molar-refractivity contribution is 7.19. The van der Waals surface area contributed by atoms with Gasteiger partial charge in [-0.2, -0.15) is 0 Å². The predicted molar refractivity (Wildman–Crippen MR) is 121 cm³/mol. The Labute approximate surface area is 182 Å². The summed E-state index contributed by atoms with van der Waals surface area (Å²) >= 11 is 2.92. The molecule has 4 aromatic rings. The minimum atomic E-state index is -0.147. The molecule has 8 heteroatoms. The van der Waals surface area contributed by atoms with Crippen molar-refractivity contribution in [3.05, 3.63) is 65.4 Å². The summed E-state index contributed by atoms with van der Waals surface area (Å²) in [6.07, 6.45) is 1.93. The third kappa shape index (κ3) is 4.55. The number of pyridine rings is 1. The van der Waals surface area contributed by atoms with E-state index in [1.165, 1.54) is 22.7 Å². The first-order valence-corrected chi connectivity index (χ1v) is 11.2. The molecule has 1 amide bonds. The number of thiazole rings is 2. The number of amides is 1. The number of para-hydroxylation sites is 1. The van der Waals surface area contributed by atoms with Crippen LogP contribution in [-0.2, 0) is 11.2 Å². The second-order valence-electron chi connectivity index (χ2n) is 6.45. The van der Waals surface area contributed by atoms with Crippen molar-refractivity contribution >= 4 is 33.7 Å². The fraction of sp³-hybridized carbons (Fsp3) is 0.182. The Morgan fingerprint density at radius 3 is 2.77 bits per heavy atom. The number of ether oxygens (including phenoxy) is 1. The normalized spacial score (nSPS) is 10.7. The maximum absolute atomic E-state index is 12.5. The number of hydrogen-bond acceptors (Lipinski definition) is 7. The first kappa shape index (κ1) is 20.2. The summed E-state index contributed by atoms with van der Waals surface area (Å²) in [5, 5.41) is 6.19. The zero-order valence-corrected chi connectivity index (χ0v) is 18.2. The summed E-state index contributed by atoms with van der Waals surface area (Å²) in [6, 6.07) is 13.5. The van der Waals surface area contributed by atoms with Crippen molar-refractivity contribution in [2.45, 2.75) is 20.3 Å². The summed E-state index contributed by atoms with van der Waals surface area (Å²) in [5.74, 6) is 0.650. The molecular formula is C22H20N4O2S2. The van der Waals surface area contributed by atoms with Crippen molar-refractivity contribution in [1.82, 2.24) is 15.0 Å². The largest absolute Gasteiger partial charge is 0.493 e. The van der Waals surface area contributed by atoms with Gasteiger partial charge in [-0.1, -0.05) is 29.5 Å². The Morgan fingerprint density at radius 2 is 1.97 bits per heavy atom. The Bertz CT molecular complexity index is 1150. The molecule has 3 heterocycles. The van der Waals surface area contributed by atoms with Gasteiger partial charge in [0.1, 0.15) is 10.8 Å². The number of aryl methyl sites for hydroxylation is 1. The molecule has 0 aliphatic carbocycles. The van der Waals surface area contributed by atoms with Crippen LogP contribution in [0.2, 0.25) is 0 Å². The number of nitrogens with one attached hydrogen (secondary N) is 1. The van der Waals surface area contributed by atoms with Crippen molar-refractivity contribution in [2.75, 3.05) is 11.9 Å². The van der Waals surface area contributed by atoms with E-state index < -0.39 is 0 Å². The first-order chi connectivity index (χ1) is 14.6. The van der Waals surface area contributed by atoms with Gasteiger partial charge in [0.2, 0.25) is 5.91 Å². The fourth-order valence-electron chi connectivity index (χ4n) is 2.95. The zero-order valence-electron chi connectivity index (χ0n) is 16.6. The summed E-state index contributed by atoms with van der Waals surface area (Å²) in [6.45, 7) is 4.46. The molecule has 0 bridgehead atoms. The topological polar surface area (TPSA) is 77.0 Å². The summed E-state index contributed by atoms with van der Waals surface area (Å²) in [4.78, 5) is 26.9. The summed E-state index contributed by atoms with van der Waals surface area (Å²) in [7, 11) is 0. The number of carbonyl (C=O) groups is 1. The van der Waals surface area contributed by atoms with Crippen LogP contribution in [0, 0.1) is 6.92 Å². The van der Waals surface area contributed by atoms with E-state index >= 15 is 0 Å². The molecule has 152 valence electrons. The molecule has 0 aliphatic heterocycles. The second-order valence-corrected chi connectivity index (χ2v) is 8.30. The summed E-state index contributed by atoms with van der Waals surface area (Å²) in [5.41, 5.74) is 3.35. The van der Waals surface area contributed by atoms with Crippen molar-refractivity contribution in [2.24, 2.45) is 0 Å². The maximum Gasteiger partial charge on any atom is 0.232 e. The van der Waals surface area contributed by atoms with Gasteiger partial charge in [-0.3, -0.25) is 9.78 Å². The fourth-order valence-corrected chi connectivity index (χ4v) is 4.76. The Kier molecular flexibility index (Phi) is 6.15. The van der Waals surface area contributed by atoms with E-state index in [0.717, 1.165) is 38.3 Å². The molecule has 0 aliphatic rings. The molecule has 3 aromatic heterocycles. The van der Waals surface area contributed by atoms with Gasteiger partial charge in [-0.05, 0) is 38.1 Å². The average Bonchev–Trinajstić information content (AvgIpc) is 3.35. The van der Waals surface area contributed by atoms with E-state index in [4.69, 9.17) is 4.74 Å². The highest BCUT2D eigenvalue weighted by Gasteiger charge is 2.15. The molecule has 1 N–H and O–H groups in total. The SMILES string of the molecule is CCOc1ccccc1-c1nc(CC(=O)Nc2nc(C)c(-c3ccccn3)s2)cs1. The van der Waals surface area contributed by atoms with Crippen molar-refractivity contribution in [3.8, 4) is 26.9 Å². The standard InChI is InChI=1S/C22H20N4O2S2/c1-3-28-18-10-5-4-8-16(18)21-25-15(13-29-21)12-19(27)26-22-24-14(2)20(30-22)17-9-6-7-11-23-17/h4-11,13H,3,12H2,1-2H3,(H,24,26,27). The van der Waals surface area contributed by atoms with Gasteiger partial charge in [0, 0.05) is 11.6 Å². The van der Waals surface area contributed by atoms with Gasteiger partial charge >= 0.3 is 0 Å². The van der Waals surface area contributed by atoms with Gasteiger partial charge < -0.3 is 10.1 Å². The average molecular weight is 437 g/mol. The van der Waals surface area contributed by atoms with Crippen LogP contribution in [0.1, 0.15) is 18.3 Å². The number of benzene rings is 1. The molecule has 4 rings (SSSR count). The molecule has 0 saturated carbocycles. The molecular weight excluding hydrogens is 416 g/mol. The third-order valence-electron chi connectivity index (χ3n) is 4.25. The lowest BCUT2D eigenvalue weighted by molar-refractivity contribution is -0.115. The van der Waals surface area contributed by atoms with E-state index in [1.54, 1.807) is 6.20 Å². The summed E-state index contributed by atoms with van der Waals surface area (Å²) < 4.78 is 5.69. The zero-order chi connectivity index (χ0) is 20.9. The van der Waals surface area contributed by atoms with Crippen LogP contribution in [0.5, 0.6) is 5.75 Å². The molecule has 0 atom stereocenters. The van der Waals surface area contributed by atoms with Gasteiger partial charge in [0.25, 0.3) is 0 Å². The van der Waals surface area contributed by atoms with E-state index in [0.29, 0.717) is 11.7 Å². The number of aromatic nitrogens is 3. The Hall–Kier alpha value is -3.10. The smallest absolute Gasteiger partial charge is 0.232 e. The maximum atomic E-state index is 12.5. The number of carbonyl (C=O) groups excluding carboxylic acids is 1. The lowest BCUT2D eigenvalue weighted by Gasteiger charge is -2.07. The molecule has 0 radical (unpaired) electrons. The molecule has 0 unspecified atom stereocenters. The lowest BCUT2D eigenvalue weighted by Crippen LogP contribution is -2.14. The van der Waals surface area contributed by atoms with Crippen LogP contribution in [0.4, 0.5) is 5.13 Å². The first-order valence-electron chi connectivity index (χ1n) is 9.49. The third-order valence-corrected chi connectivity index (χ3v) is 6.27. The Balaban J connectivity index is 1.45. The Morgan fingerprint density at radius 1 is 1.13 bits per heavy atom. The van der Waals surface area contributed by atoms with Gasteiger partial charge in [-0.15, -0.1) is 11.3 Å². The van der Waals surface area contributed by atoms with Crippen LogP contribution in [0.3, 0.4) is 0 Å². The monoisotopic (exact) mass is 436 g/mol. The van der Waals surface area contributed by atoms with Gasteiger partial charge in [0.05, 0.1) is 40.6 Å². The number of nitrogens with zero attached hydrogens (tertiary/aromatic N) is 3. The van der Waals surface area contributed by atoms with Crippen LogP contribution >= 0.6 is 22.7 Å². The molecule has 0 fully saturated rings. The molecule has 6 nitrogen and oxygen atoms in total. The van der Waals surface area contributed by atoms with E-state index in [2.05, 4.69) is 20.3 Å². The second kappa shape index (κ2) is 9.15. The lowest BCUT2D eigenvalue weighted by atomic mass is 10.2. The number of anilines is 1. The van der Waals surface area contributed by atoms with Gasteiger partial charge in [0.15, 0.2) is 5.13 Å². The highest BCUT2D eigenvalue weighted by Crippen LogP contribution is 2.33. The van der Waals surface area contributed by atoms with Crippen LogP contribution < -0.4 is 10.1 Å². The predicted octanol–water partition coefficient (Wildman–Crippen LogP) is 5.22. The minimum absolute atomic E-state index is 0.147. The van der Waals surface area contributed by atoms with Crippen molar-refractivity contribution in [3.63, 3.8) is 0 Å². The highest BCUT2D eigenvalue weighted by atomic mass is 32.1. The van der Waals surface area contributed by atoms with E-state index in [1.807, 2.05) is 61.7 Å². The quantitative estimate of drug-likeness (QED) is 0.430. The minimum Gasteiger partial charge on any atom is -0.493 e. The van der Waals surface area contributed by atoms with E-state index in [-0.39, 0.29) is 12.3 Å². The van der Waals surface area contributed by atoms with Crippen molar-refractivity contribution < 1.29 is 9.53 Å². The van der Waals surface area contributed by atoms with Crippen LogP contribution in [0.25, 0.3) is 21.1 Å². The van der Waals surface area contributed by atoms with Gasteiger partial charge in [-0.25, -0.2) is 9.97 Å². The van der Waals surface area contributed by atoms with Crippen molar-refractivity contribution in [1.29, 1.82) is 0 Å². The van der Waals surface area contributed by atoms with Crippen LogP contribution in [-0.4, -0.2) is 27.5 Å². The molecule has 30 heavy (non-hydrogen) atoms. The molecule has 0 spiro atoms. The van der Waals surface area contributed by atoms with Crippen LogP contribution in [0.15, 0.2) is 54.0 Å². The van der Waals surface area contributed by atoms with E-state index in [9.17, 15) is 4.79 Å².